The predicted molar refractivity (Wildman–Crippen MR) is 65.8 cm³/mol. The summed E-state index contributed by atoms with van der Waals surface area (Å²) in [5.41, 5.74) is 0. The topological polar surface area (TPSA) is 72.7 Å². The van der Waals surface area contributed by atoms with Crippen LogP contribution in [0.4, 0.5) is 0 Å². The van der Waals surface area contributed by atoms with Crippen LogP contribution in [-0.2, 0) is 11.3 Å². The molecule has 0 unspecified atom stereocenters. The molecule has 2 aromatic rings. The second-order valence-electron chi connectivity index (χ2n) is 3.70. The van der Waals surface area contributed by atoms with E-state index in [4.69, 9.17) is 11.6 Å². The van der Waals surface area contributed by atoms with Gasteiger partial charge in [-0.3, -0.25) is 9.48 Å². The number of nitrogens with zero attached hydrogens (tertiary/aromatic N) is 4. The first-order valence-corrected chi connectivity index (χ1v) is 5.78. The summed E-state index contributed by atoms with van der Waals surface area (Å²) in [5, 5.41) is 7.22. The van der Waals surface area contributed by atoms with Crippen molar-refractivity contribution < 1.29 is 4.79 Å². The number of hydrogen-bond acceptors (Lipinski definition) is 4. The van der Waals surface area contributed by atoms with E-state index in [2.05, 4.69) is 20.4 Å². The van der Waals surface area contributed by atoms with E-state index in [1.807, 2.05) is 0 Å². The van der Waals surface area contributed by atoms with Crippen LogP contribution in [0.25, 0.3) is 0 Å². The summed E-state index contributed by atoms with van der Waals surface area (Å²) in [4.78, 5) is 19.8. The number of aromatic nitrogens is 4. The van der Waals surface area contributed by atoms with Crippen LogP contribution in [-0.4, -0.2) is 25.7 Å². The average Bonchev–Trinajstić information content (AvgIpc) is 2.90. The standard InChI is InChI=1S/C11H12ClN5O/c1-8(17-4-2-3-16-17)11(18)15-7-10-13-5-9(12)6-14-10/h2-6,8H,7H2,1H3,(H,15,18)/t8-/m0/s1. The first-order chi connectivity index (χ1) is 8.66. The van der Waals surface area contributed by atoms with Crippen LogP contribution in [0.3, 0.4) is 0 Å². The van der Waals surface area contributed by atoms with Gasteiger partial charge in [-0.05, 0) is 13.0 Å². The summed E-state index contributed by atoms with van der Waals surface area (Å²) in [6.07, 6.45) is 6.36. The van der Waals surface area contributed by atoms with E-state index in [-0.39, 0.29) is 18.5 Å². The number of carbonyl (C=O) groups is 1. The molecule has 1 atom stereocenters. The fourth-order valence-electron chi connectivity index (χ4n) is 1.37. The molecule has 0 aliphatic carbocycles. The molecule has 6 nitrogen and oxygen atoms in total. The number of hydrogen-bond donors (Lipinski definition) is 1. The maximum Gasteiger partial charge on any atom is 0.244 e. The lowest BCUT2D eigenvalue weighted by atomic mass is 10.3. The summed E-state index contributed by atoms with van der Waals surface area (Å²) in [6.45, 7) is 2.03. The van der Waals surface area contributed by atoms with Crippen molar-refractivity contribution in [2.45, 2.75) is 19.5 Å². The third-order valence-corrected chi connectivity index (χ3v) is 2.59. The molecule has 0 saturated carbocycles. The summed E-state index contributed by atoms with van der Waals surface area (Å²) >= 11 is 5.67. The molecule has 0 aliphatic rings. The lowest BCUT2D eigenvalue weighted by Crippen LogP contribution is -2.31. The molecule has 0 aliphatic heterocycles. The zero-order valence-corrected chi connectivity index (χ0v) is 10.5. The number of rotatable bonds is 4. The fraction of sp³-hybridized carbons (Fsp3) is 0.273. The highest BCUT2D eigenvalue weighted by Gasteiger charge is 2.14. The van der Waals surface area contributed by atoms with Crippen molar-refractivity contribution in [3.63, 3.8) is 0 Å². The van der Waals surface area contributed by atoms with Crippen LogP contribution < -0.4 is 5.32 Å². The number of amides is 1. The van der Waals surface area contributed by atoms with Gasteiger partial charge in [0.1, 0.15) is 11.9 Å². The monoisotopic (exact) mass is 265 g/mol. The molecule has 0 bridgehead atoms. The van der Waals surface area contributed by atoms with Crippen molar-refractivity contribution in [3.05, 3.63) is 41.7 Å². The van der Waals surface area contributed by atoms with Crippen molar-refractivity contribution in [3.8, 4) is 0 Å². The number of carbonyl (C=O) groups excluding carboxylic acids is 1. The molecule has 2 heterocycles. The van der Waals surface area contributed by atoms with Gasteiger partial charge in [0.2, 0.25) is 5.91 Å². The van der Waals surface area contributed by atoms with Gasteiger partial charge in [-0.1, -0.05) is 11.6 Å². The highest BCUT2D eigenvalue weighted by Crippen LogP contribution is 2.05. The van der Waals surface area contributed by atoms with E-state index in [9.17, 15) is 4.79 Å². The summed E-state index contributed by atoms with van der Waals surface area (Å²) in [5.74, 6) is 0.373. The summed E-state index contributed by atoms with van der Waals surface area (Å²) < 4.78 is 1.58. The van der Waals surface area contributed by atoms with E-state index in [0.717, 1.165) is 0 Å². The van der Waals surface area contributed by atoms with Gasteiger partial charge in [0, 0.05) is 24.8 Å². The Morgan fingerprint density at radius 2 is 2.22 bits per heavy atom. The lowest BCUT2D eigenvalue weighted by molar-refractivity contribution is -0.124. The Balaban J connectivity index is 1.90. The van der Waals surface area contributed by atoms with Crippen molar-refractivity contribution in [2.24, 2.45) is 0 Å². The summed E-state index contributed by atoms with van der Waals surface area (Å²) in [6, 6.07) is 1.40. The molecule has 1 N–H and O–H groups in total. The highest BCUT2D eigenvalue weighted by atomic mass is 35.5. The van der Waals surface area contributed by atoms with Gasteiger partial charge < -0.3 is 5.32 Å². The lowest BCUT2D eigenvalue weighted by Gasteiger charge is -2.11. The minimum Gasteiger partial charge on any atom is -0.347 e. The third kappa shape index (κ3) is 3.04. The van der Waals surface area contributed by atoms with E-state index >= 15 is 0 Å². The van der Waals surface area contributed by atoms with Crippen LogP contribution in [0, 0.1) is 0 Å². The molecule has 94 valence electrons. The smallest absolute Gasteiger partial charge is 0.244 e. The Bertz CT molecular complexity index is 511. The second kappa shape index (κ2) is 5.59. The third-order valence-electron chi connectivity index (χ3n) is 2.40. The molecule has 2 rings (SSSR count). The number of halogens is 1. The van der Waals surface area contributed by atoms with Crippen LogP contribution >= 0.6 is 11.6 Å². The van der Waals surface area contributed by atoms with E-state index in [0.29, 0.717) is 10.8 Å². The quantitative estimate of drug-likeness (QED) is 0.902. The molecule has 7 heteroatoms. The van der Waals surface area contributed by atoms with Crippen LogP contribution in [0.1, 0.15) is 18.8 Å². The van der Waals surface area contributed by atoms with Crippen LogP contribution in [0.5, 0.6) is 0 Å². The van der Waals surface area contributed by atoms with Gasteiger partial charge in [0.15, 0.2) is 0 Å². The van der Waals surface area contributed by atoms with Crippen molar-refractivity contribution in [2.75, 3.05) is 0 Å². The van der Waals surface area contributed by atoms with Crippen LogP contribution in [0.2, 0.25) is 5.02 Å². The van der Waals surface area contributed by atoms with Crippen LogP contribution in [0.15, 0.2) is 30.9 Å². The Hall–Kier alpha value is -1.95. The molecule has 2 aromatic heterocycles. The molecular formula is C11H12ClN5O. The maximum atomic E-state index is 11.8. The summed E-state index contributed by atoms with van der Waals surface area (Å²) in [7, 11) is 0. The molecule has 0 spiro atoms. The van der Waals surface area contributed by atoms with Gasteiger partial charge in [0.05, 0.1) is 11.6 Å². The van der Waals surface area contributed by atoms with Gasteiger partial charge in [-0.25, -0.2) is 9.97 Å². The molecule has 0 fully saturated rings. The van der Waals surface area contributed by atoms with E-state index < -0.39 is 0 Å². The van der Waals surface area contributed by atoms with Crippen molar-refractivity contribution in [1.82, 2.24) is 25.1 Å². The zero-order chi connectivity index (χ0) is 13.0. The average molecular weight is 266 g/mol. The van der Waals surface area contributed by atoms with Gasteiger partial charge in [0.25, 0.3) is 0 Å². The maximum absolute atomic E-state index is 11.8. The van der Waals surface area contributed by atoms with E-state index in [1.165, 1.54) is 12.4 Å². The SMILES string of the molecule is C[C@@H](C(=O)NCc1ncc(Cl)cn1)n1cccn1. The molecule has 0 saturated heterocycles. The Labute approximate surface area is 109 Å². The van der Waals surface area contributed by atoms with Crippen molar-refractivity contribution in [1.29, 1.82) is 0 Å². The Kier molecular flexibility index (Phi) is 3.88. The first kappa shape index (κ1) is 12.5. The fourth-order valence-corrected chi connectivity index (χ4v) is 1.47. The Morgan fingerprint density at radius 1 is 1.50 bits per heavy atom. The largest absolute Gasteiger partial charge is 0.347 e. The Morgan fingerprint density at radius 3 is 2.83 bits per heavy atom. The van der Waals surface area contributed by atoms with E-state index in [1.54, 1.807) is 30.1 Å². The van der Waals surface area contributed by atoms with Gasteiger partial charge >= 0.3 is 0 Å². The molecule has 0 radical (unpaired) electrons. The molecule has 1 amide bonds. The normalized spacial score (nSPS) is 12.1. The molecular weight excluding hydrogens is 254 g/mol. The second-order valence-corrected chi connectivity index (χ2v) is 4.13. The van der Waals surface area contributed by atoms with Crippen molar-refractivity contribution >= 4 is 17.5 Å². The first-order valence-electron chi connectivity index (χ1n) is 5.40. The minimum atomic E-state index is -0.368. The minimum absolute atomic E-state index is 0.141. The van der Waals surface area contributed by atoms with Gasteiger partial charge in [-0.15, -0.1) is 0 Å². The highest BCUT2D eigenvalue weighted by molar-refractivity contribution is 6.30. The predicted octanol–water partition coefficient (Wildman–Crippen LogP) is 1.20. The number of nitrogens with one attached hydrogen (secondary N) is 1. The molecule has 0 aromatic carbocycles. The van der Waals surface area contributed by atoms with Gasteiger partial charge in [-0.2, -0.15) is 5.10 Å². The zero-order valence-electron chi connectivity index (χ0n) is 9.75. The molecule has 18 heavy (non-hydrogen) atoms.